The molecule has 0 radical (unpaired) electrons. The molecule has 2 aromatic heterocycles. The number of rotatable bonds is 7. The molecule has 0 aliphatic carbocycles. The number of thiocarbonyl (C=S) groups is 1. The molecule has 0 spiro atoms. The lowest BCUT2D eigenvalue weighted by Crippen LogP contribution is -2.30. The van der Waals surface area contributed by atoms with Gasteiger partial charge in [0.2, 0.25) is 0 Å². The van der Waals surface area contributed by atoms with Gasteiger partial charge < -0.3 is 14.6 Å². The molecule has 1 fully saturated rings. The fourth-order valence-electron chi connectivity index (χ4n) is 3.45. The maximum absolute atomic E-state index is 6.27. The van der Waals surface area contributed by atoms with E-state index in [0.717, 1.165) is 51.0 Å². The van der Waals surface area contributed by atoms with E-state index in [1.54, 1.807) is 11.8 Å². The minimum atomic E-state index is -0.0416. The average Bonchev–Trinajstić information content (AvgIpc) is 3.32. The van der Waals surface area contributed by atoms with Gasteiger partial charge in [0.25, 0.3) is 0 Å². The number of furan rings is 1. The summed E-state index contributed by atoms with van der Waals surface area (Å²) in [5, 5.41) is 5.78. The molecule has 0 bridgehead atoms. The highest BCUT2D eigenvalue weighted by molar-refractivity contribution is 7.99. The van der Waals surface area contributed by atoms with Gasteiger partial charge in [0, 0.05) is 22.7 Å². The lowest BCUT2D eigenvalue weighted by atomic mass is 10.0. The zero-order chi connectivity index (χ0) is 20.2. The van der Waals surface area contributed by atoms with E-state index in [9.17, 15) is 0 Å². The van der Waals surface area contributed by atoms with Crippen LogP contribution in [0.4, 0.5) is 0 Å². The number of unbranched alkanes of at least 4 members (excludes halogenated alkanes) is 1. The number of benzene rings is 1. The van der Waals surface area contributed by atoms with Crippen molar-refractivity contribution in [1.29, 1.82) is 0 Å². The Hall–Kier alpha value is -2.02. The van der Waals surface area contributed by atoms with Gasteiger partial charge in [-0.3, -0.25) is 4.98 Å². The van der Waals surface area contributed by atoms with Crippen molar-refractivity contribution >= 4 is 40.7 Å². The number of aromatic nitrogens is 1. The smallest absolute Gasteiger partial charge is 0.170 e. The van der Waals surface area contributed by atoms with Crippen LogP contribution in [0.15, 0.2) is 75.2 Å². The highest BCUT2D eigenvalue weighted by Gasteiger charge is 2.41. The highest BCUT2D eigenvalue weighted by atomic mass is 35.5. The van der Waals surface area contributed by atoms with Crippen molar-refractivity contribution in [2.24, 2.45) is 0 Å². The lowest BCUT2D eigenvalue weighted by Gasteiger charge is -2.25. The molecule has 1 N–H and O–H groups in total. The topological polar surface area (TPSA) is 41.3 Å². The molecule has 1 aliphatic heterocycles. The molecule has 1 aliphatic rings. The quantitative estimate of drug-likeness (QED) is 0.435. The molecule has 1 aromatic carbocycles. The molecule has 3 aromatic rings. The normalized spacial score (nSPS) is 18.8. The van der Waals surface area contributed by atoms with Gasteiger partial charge in [0.05, 0.1) is 11.7 Å². The van der Waals surface area contributed by atoms with Gasteiger partial charge in [-0.1, -0.05) is 42.8 Å². The van der Waals surface area contributed by atoms with E-state index >= 15 is 0 Å². The van der Waals surface area contributed by atoms with Gasteiger partial charge >= 0.3 is 0 Å². The van der Waals surface area contributed by atoms with Crippen LogP contribution < -0.4 is 5.32 Å². The van der Waals surface area contributed by atoms with Crippen molar-refractivity contribution in [1.82, 2.24) is 15.2 Å². The molecule has 0 unspecified atom stereocenters. The molecule has 4 nitrogen and oxygen atoms in total. The van der Waals surface area contributed by atoms with Crippen LogP contribution in [-0.2, 0) is 0 Å². The van der Waals surface area contributed by atoms with Gasteiger partial charge in [-0.15, -0.1) is 0 Å². The van der Waals surface area contributed by atoms with Gasteiger partial charge in [0.1, 0.15) is 11.8 Å². The summed E-state index contributed by atoms with van der Waals surface area (Å²) in [6.07, 6.45) is 3.99. The SMILES string of the molecule is CCCCN1C(=S)N[C@@H](c2ccccn2)[C@@H]1c1ccc(Sc2ccc(Cl)cc2)o1. The number of nitrogens with zero attached hydrogens (tertiary/aromatic N) is 2. The van der Waals surface area contributed by atoms with Crippen LogP contribution in [0, 0.1) is 0 Å². The fraction of sp³-hybridized carbons (Fsp3) is 0.273. The van der Waals surface area contributed by atoms with Crippen LogP contribution in [0.25, 0.3) is 0 Å². The van der Waals surface area contributed by atoms with Crippen LogP contribution >= 0.6 is 35.6 Å². The second-order valence-corrected chi connectivity index (χ2v) is 8.79. The maximum atomic E-state index is 6.27. The van der Waals surface area contributed by atoms with Crippen molar-refractivity contribution < 1.29 is 4.42 Å². The number of nitrogens with one attached hydrogen (secondary N) is 1. The Labute approximate surface area is 185 Å². The number of pyridine rings is 1. The van der Waals surface area contributed by atoms with Crippen molar-refractivity contribution in [3.8, 4) is 0 Å². The standard InChI is InChI=1S/C22H22ClN3OS2/c1-2-3-14-26-21(20(25-22(26)28)17-6-4-5-13-24-17)18-11-12-19(27-18)29-16-9-7-15(23)8-10-16/h4-13,20-21H,2-3,14H2,1H3,(H,25,28)/t20-,21-/m0/s1. The number of hydrogen-bond donors (Lipinski definition) is 1. The summed E-state index contributed by atoms with van der Waals surface area (Å²) in [5.41, 5.74) is 0.960. The molecule has 3 heterocycles. The monoisotopic (exact) mass is 443 g/mol. The van der Waals surface area contributed by atoms with Gasteiger partial charge in [-0.05, 0) is 67.2 Å². The summed E-state index contributed by atoms with van der Waals surface area (Å²) >= 11 is 13.2. The molecular weight excluding hydrogens is 422 g/mol. The Morgan fingerprint density at radius 1 is 1.17 bits per heavy atom. The lowest BCUT2D eigenvalue weighted by molar-refractivity contribution is 0.257. The first-order chi connectivity index (χ1) is 14.2. The second-order valence-electron chi connectivity index (χ2n) is 6.89. The Bertz CT molecular complexity index is 962. The first-order valence-electron chi connectivity index (χ1n) is 9.67. The Morgan fingerprint density at radius 3 is 2.72 bits per heavy atom. The third-order valence-corrected chi connectivity index (χ3v) is 6.41. The van der Waals surface area contributed by atoms with E-state index in [1.165, 1.54) is 0 Å². The average molecular weight is 444 g/mol. The van der Waals surface area contributed by atoms with Gasteiger partial charge in [0.15, 0.2) is 10.2 Å². The van der Waals surface area contributed by atoms with Gasteiger partial charge in [-0.2, -0.15) is 0 Å². The summed E-state index contributed by atoms with van der Waals surface area (Å²) < 4.78 is 6.27. The molecule has 2 atom stereocenters. The van der Waals surface area contributed by atoms with E-state index in [-0.39, 0.29) is 12.1 Å². The Kier molecular flexibility index (Phi) is 6.43. The molecule has 0 amide bonds. The van der Waals surface area contributed by atoms with Crippen molar-refractivity contribution in [2.75, 3.05) is 6.54 Å². The van der Waals surface area contributed by atoms with Crippen molar-refractivity contribution in [3.05, 3.63) is 77.3 Å². The van der Waals surface area contributed by atoms with Gasteiger partial charge in [-0.25, -0.2) is 0 Å². The predicted molar refractivity (Wildman–Crippen MR) is 121 cm³/mol. The molecule has 4 rings (SSSR count). The predicted octanol–water partition coefficient (Wildman–Crippen LogP) is 6.25. The first-order valence-corrected chi connectivity index (χ1v) is 11.3. The number of halogens is 1. The first kappa shape index (κ1) is 20.3. The summed E-state index contributed by atoms with van der Waals surface area (Å²) in [5.74, 6) is 0.889. The number of hydrogen-bond acceptors (Lipinski definition) is 4. The van der Waals surface area contributed by atoms with Crippen molar-refractivity contribution in [2.45, 2.75) is 41.8 Å². The highest BCUT2D eigenvalue weighted by Crippen LogP contribution is 2.41. The van der Waals surface area contributed by atoms with Crippen LogP contribution in [0.3, 0.4) is 0 Å². The van der Waals surface area contributed by atoms with Crippen molar-refractivity contribution in [3.63, 3.8) is 0 Å². The summed E-state index contributed by atoms with van der Waals surface area (Å²) in [4.78, 5) is 7.87. The Balaban J connectivity index is 1.62. The van der Waals surface area contributed by atoms with E-state index in [4.69, 9.17) is 28.2 Å². The van der Waals surface area contributed by atoms with Crippen LogP contribution in [-0.4, -0.2) is 21.5 Å². The molecule has 1 saturated heterocycles. The zero-order valence-corrected chi connectivity index (χ0v) is 18.4. The minimum Gasteiger partial charge on any atom is -0.452 e. The Morgan fingerprint density at radius 2 is 2.00 bits per heavy atom. The minimum absolute atomic E-state index is 0.0245. The van der Waals surface area contributed by atoms with Crippen LogP contribution in [0.2, 0.25) is 5.02 Å². The van der Waals surface area contributed by atoms with E-state index in [0.29, 0.717) is 0 Å². The molecule has 150 valence electrons. The third kappa shape index (κ3) is 4.60. The maximum Gasteiger partial charge on any atom is 0.170 e. The van der Waals surface area contributed by atoms with E-state index in [1.807, 2.05) is 60.8 Å². The molecule has 29 heavy (non-hydrogen) atoms. The van der Waals surface area contributed by atoms with E-state index < -0.39 is 0 Å². The van der Waals surface area contributed by atoms with Crippen LogP contribution in [0.5, 0.6) is 0 Å². The summed E-state index contributed by atoms with van der Waals surface area (Å²) in [6, 6.07) is 17.7. The van der Waals surface area contributed by atoms with Crippen LogP contribution in [0.1, 0.15) is 43.3 Å². The fourth-order valence-corrected chi connectivity index (χ4v) is 4.69. The molecule has 0 saturated carbocycles. The molecular formula is C22H22ClN3OS2. The third-order valence-electron chi connectivity index (χ3n) is 4.88. The zero-order valence-electron chi connectivity index (χ0n) is 16.0. The second kappa shape index (κ2) is 9.20. The summed E-state index contributed by atoms with van der Waals surface area (Å²) in [6.45, 7) is 3.07. The summed E-state index contributed by atoms with van der Waals surface area (Å²) in [7, 11) is 0. The molecule has 7 heteroatoms. The largest absolute Gasteiger partial charge is 0.452 e. The van der Waals surface area contributed by atoms with E-state index in [2.05, 4.69) is 22.1 Å².